The van der Waals surface area contributed by atoms with Crippen molar-refractivity contribution in [1.29, 1.82) is 0 Å². The largest absolute Gasteiger partial charge is 0.479 e. The van der Waals surface area contributed by atoms with E-state index in [2.05, 4.69) is 15.0 Å². The quantitative estimate of drug-likeness (QED) is 0.259. The number of alkyl halides is 1. The third-order valence-electron chi connectivity index (χ3n) is 6.11. The summed E-state index contributed by atoms with van der Waals surface area (Å²) in [6.07, 6.45) is -6.40. The number of anilines is 1. The molecule has 0 spiro atoms. The predicted octanol–water partition coefficient (Wildman–Crippen LogP) is 0.717. The van der Waals surface area contributed by atoms with Crippen molar-refractivity contribution in [3.8, 4) is 0 Å². The highest BCUT2D eigenvalue weighted by Gasteiger charge is 2.80. The van der Waals surface area contributed by atoms with Crippen LogP contribution in [0.2, 0.25) is 5.28 Å². The first-order chi connectivity index (χ1) is 16.5. The van der Waals surface area contributed by atoms with Gasteiger partial charge in [-0.15, -0.1) is 0 Å². The van der Waals surface area contributed by atoms with E-state index in [1.165, 1.54) is 12.1 Å². The lowest BCUT2D eigenvalue weighted by molar-refractivity contribution is -0.194. The molecule has 1 saturated heterocycles. The number of fused-ring (bicyclic) bond motifs is 2. The van der Waals surface area contributed by atoms with E-state index in [9.17, 15) is 29.3 Å². The Morgan fingerprint density at radius 2 is 2.03 bits per heavy atom. The zero-order valence-corrected chi connectivity index (χ0v) is 18.1. The van der Waals surface area contributed by atoms with Crippen LogP contribution < -0.4 is 5.73 Å². The van der Waals surface area contributed by atoms with Crippen molar-refractivity contribution >= 4 is 40.5 Å². The number of ether oxygens (including phenoxy) is 2. The number of aliphatic hydroxyl groups is 1. The highest BCUT2D eigenvalue weighted by atomic mass is 35.5. The lowest BCUT2D eigenvalue weighted by Crippen LogP contribution is -2.53. The summed E-state index contributed by atoms with van der Waals surface area (Å²) in [5.74, 6) is -4.63. The van der Waals surface area contributed by atoms with Crippen molar-refractivity contribution in [2.24, 2.45) is 0 Å². The number of hydrogen-bond acceptors (Lipinski definition) is 9. The maximum atomic E-state index is 15.5. The highest BCUT2D eigenvalue weighted by molar-refractivity contribution is 6.28. The molecular formula is C20H16ClF2N5O7. The second-order valence-electron chi connectivity index (χ2n) is 8.22. The van der Waals surface area contributed by atoms with Crippen LogP contribution in [0.4, 0.5) is 14.6 Å². The van der Waals surface area contributed by atoms with Gasteiger partial charge >= 0.3 is 11.9 Å². The van der Waals surface area contributed by atoms with Crippen LogP contribution in [0, 0.1) is 5.82 Å². The molecule has 2 fully saturated rings. The van der Waals surface area contributed by atoms with E-state index >= 15 is 4.39 Å². The average molecular weight is 512 g/mol. The molecule has 15 heteroatoms. The van der Waals surface area contributed by atoms with Crippen LogP contribution in [-0.2, 0) is 25.5 Å². The second-order valence-corrected chi connectivity index (χ2v) is 8.56. The molecule has 2 aromatic heterocycles. The van der Waals surface area contributed by atoms with Crippen LogP contribution >= 0.6 is 11.6 Å². The molecule has 0 bridgehead atoms. The molecule has 184 valence electrons. The summed E-state index contributed by atoms with van der Waals surface area (Å²) in [6, 6.07) is 4.61. The van der Waals surface area contributed by atoms with Gasteiger partial charge in [-0.2, -0.15) is 9.97 Å². The fourth-order valence-electron chi connectivity index (χ4n) is 4.27. The molecule has 1 aromatic carbocycles. The smallest absolute Gasteiger partial charge is 0.348 e. The Morgan fingerprint density at radius 1 is 1.31 bits per heavy atom. The molecule has 0 radical (unpaired) electrons. The summed E-state index contributed by atoms with van der Waals surface area (Å²) < 4.78 is 41.0. The van der Waals surface area contributed by atoms with Gasteiger partial charge in [-0.1, -0.05) is 12.1 Å². The maximum absolute atomic E-state index is 15.5. The summed E-state index contributed by atoms with van der Waals surface area (Å²) in [7, 11) is 0. The van der Waals surface area contributed by atoms with Gasteiger partial charge in [-0.3, -0.25) is 4.57 Å². The molecule has 3 heterocycles. The van der Waals surface area contributed by atoms with Crippen LogP contribution in [0.5, 0.6) is 0 Å². The molecular weight excluding hydrogens is 496 g/mol. The Morgan fingerprint density at radius 3 is 2.63 bits per heavy atom. The Kier molecular flexibility index (Phi) is 5.17. The third-order valence-corrected chi connectivity index (χ3v) is 6.28. The monoisotopic (exact) mass is 511 g/mol. The molecule has 0 amide bonds. The van der Waals surface area contributed by atoms with Gasteiger partial charge in [0.15, 0.2) is 29.5 Å². The minimum absolute atomic E-state index is 0.00206. The first kappa shape index (κ1) is 23.3. The fraction of sp³-hybridized carbons (Fsp3) is 0.350. The van der Waals surface area contributed by atoms with E-state index < -0.39 is 60.0 Å². The number of benzene rings is 1. The van der Waals surface area contributed by atoms with Crippen LogP contribution in [0.1, 0.15) is 11.8 Å². The minimum Gasteiger partial charge on any atom is -0.479 e. The number of rotatable bonds is 7. The summed E-state index contributed by atoms with van der Waals surface area (Å²) in [6.45, 7) is 0. The first-order valence-electron chi connectivity index (χ1n) is 10.1. The third kappa shape index (κ3) is 3.40. The molecule has 1 aliphatic carbocycles. The van der Waals surface area contributed by atoms with Crippen molar-refractivity contribution in [2.75, 3.05) is 5.73 Å². The minimum atomic E-state index is -2.95. The lowest BCUT2D eigenvalue weighted by Gasteiger charge is -2.28. The molecule has 3 aromatic rings. The summed E-state index contributed by atoms with van der Waals surface area (Å²) in [5, 5.41) is 30.1. The number of hydrogen-bond donors (Lipinski definition) is 4. The molecule has 2 aliphatic rings. The number of nitrogen functional groups attached to an aromatic ring is 1. The van der Waals surface area contributed by atoms with Gasteiger partial charge in [-0.05, 0) is 29.3 Å². The summed E-state index contributed by atoms with van der Waals surface area (Å²) in [5.41, 5.74) is 0.545. The van der Waals surface area contributed by atoms with E-state index in [1.807, 2.05) is 0 Å². The fourth-order valence-corrected chi connectivity index (χ4v) is 4.44. The summed E-state index contributed by atoms with van der Waals surface area (Å²) in [4.78, 5) is 35.7. The van der Waals surface area contributed by atoms with Crippen molar-refractivity contribution in [1.82, 2.24) is 19.5 Å². The number of nitrogens with zero attached hydrogens (tertiary/aromatic N) is 4. The molecule has 12 nitrogen and oxygen atoms in total. The van der Waals surface area contributed by atoms with E-state index in [1.54, 1.807) is 0 Å². The zero-order valence-electron chi connectivity index (χ0n) is 17.4. The van der Waals surface area contributed by atoms with Gasteiger partial charge < -0.3 is 30.5 Å². The number of aromatic nitrogens is 4. The van der Waals surface area contributed by atoms with Crippen LogP contribution in [-0.4, -0.2) is 76.4 Å². The van der Waals surface area contributed by atoms with Crippen molar-refractivity contribution in [3.63, 3.8) is 0 Å². The van der Waals surface area contributed by atoms with E-state index in [0.717, 1.165) is 23.0 Å². The van der Waals surface area contributed by atoms with Gasteiger partial charge in [0, 0.05) is 6.42 Å². The van der Waals surface area contributed by atoms with Crippen LogP contribution in [0.15, 0.2) is 30.6 Å². The molecule has 5 atom stereocenters. The Hall–Kier alpha value is -3.46. The number of carboxylic acid groups (broad SMARTS) is 2. The van der Waals surface area contributed by atoms with Gasteiger partial charge in [0.1, 0.15) is 23.5 Å². The lowest BCUT2D eigenvalue weighted by atomic mass is 9.94. The summed E-state index contributed by atoms with van der Waals surface area (Å²) >= 11 is 5.81. The molecule has 1 aliphatic heterocycles. The van der Waals surface area contributed by atoms with Crippen LogP contribution in [0.3, 0.4) is 0 Å². The van der Waals surface area contributed by atoms with E-state index in [-0.39, 0.29) is 27.8 Å². The number of carbonyl (C=O) groups is 2. The predicted molar refractivity (Wildman–Crippen MR) is 111 cm³/mol. The Labute approximate surface area is 198 Å². The van der Waals surface area contributed by atoms with Gasteiger partial charge in [-0.25, -0.2) is 23.4 Å². The van der Waals surface area contributed by atoms with Crippen molar-refractivity contribution < 1.29 is 43.2 Å². The number of halogens is 3. The van der Waals surface area contributed by atoms with Gasteiger partial charge in [0.05, 0.1) is 6.33 Å². The van der Waals surface area contributed by atoms with Crippen LogP contribution in [0.25, 0.3) is 11.2 Å². The van der Waals surface area contributed by atoms with E-state index in [0.29, 0.717) is 0 Å². The molecule has 35 heavy (non-hydrogen) atoms. The second kappa shape index (κ2) is 7.78. The van der Waals surface area contributed by atoms with E-state index in [4.69, 9.17) is 26.8 Å². The zero-order chi connectivity index (χ0) is 25.3. The molecule has 5 N–H and O–H groups in total. The first-order valence-corrected chi connectivity index (χ1v) is 10.4. The molecule has 1 saturated carbocycles. The van der Waals surface area contributed by atoms with Gasteiger partial charge in [0.2, 0.25) is 5.28 Å². The van der Waals surface area contributed by atoms with Gasteiger partial charge in [0.25, 0.3) is 5.60 Å². The SMILES string of the molecule is Nc1nc(Cl)nc2c1ncn2[C@@H]1O[C@@H]2C(OC(Cc3cccc(F)c3)(C(=O)O)C(=O)O)[C@]2(O)[C@@H]1F. The van der Waals surface area contributed by atoms with Crippen molar-refractivity contribution in [2.45, 2.75) is 42.2 Å². The number of aliphatic carboxylic acids is 2. The highest BCUT2D eigenvalue weighted by Crippen LogP contribution is 2.58. The Balaban J connectivity index is 1.42. The molecule has 5 rings (SSSR count). The Bertz CT molecular complexity index is 1360. The molecule has 1 unspecified atom stereocenters. The topological polar surface area (TPSA) is 183 Å². The number of nitrogens with two attached hydrogens (primary N) is 1. The standard InChI is InChI=1S/C20H16ClF2N5O7/c21-18-26-13(24)9-14(27-18)28(6-25-9)15-10(23)20(33)11(34-15)12(20)35-19(16(29)30,17(31)32)5-7-2-1-3-8(22)4-7/h1-4,6,10-12,15,33H,5H2,(H,29,30)(H,31,32)(H2,24,26,27)/t10-,11-,12?,15-,20+/m1/s1. The number of imidazole rings is 1. The average Bonchev–Trinajstić information content (AvgIpc) is 3.04. The van der Waals surface area contributed by atoms with Crippen molar-refractivity contribution in [3.05, 3.63) is 47.3 Å². The number of carboxylic acids is 2. The normalized spacial score (nSPS) is 27.7. The maximum Gasteiger partial charge on any atom is 0.348 e.